The zero-order valence-corrected chi connectivity index (χ0v) is 24.8. The first-order chi connectivity index (χ1) is 21.1. The van der Waals surface area contributed by atoms with Crippen molar-refractivity contribution in [2.45, 2.75) is 39.5 Å². The molecule has 1 aliphatic heterocycles. The summed E-state index contributed by atoms with van der Waals surface area (Å²) in [5, 5.41) is 7.62. The van der Waals surface area contributed by atoms with Crippen LogP contribution in [0.3, 0.4) is 0 Å². The highest BCUT2D eigenvalue weighted by Crippen LogP contribution is 2.30. The molecule has 3 aromatic carbocycles. The molecule has 44 heavy (non-hydrogen) atoms. The van der Waals surface area contributed by atoms with Crippen LogP contribution in [0.2, 0.25) is 0 Å². The number of aromatic nitrogens is 3. The number of amidine groups is 1. The molecule has 13 heteroatoms. The summed E-state index contributed by atoms with van der Waals surface area (Å²) in [5.41, 5.74) is 5.23. The fourth-order valence-corrected chi connectivity index (χ4v) is 5.51. The Kier molecular flexibility index (Phi) is 9.33. The fraction of sp³-hybridized carbons (Fsp3) is 0.258. The average molecular weight is 623 g/mol. The Morgan fingerprint density at radius 1 is 1.05 bits per heavy atom. The molecule has 0 unspecified atom stereocenters. The Morgan fingerprint density at radius 3 is 2.50 bits per heavy atom. The lowest BCUT2D eigenvalue weighted by Gasteiger charge is -2.18. The van der Waals surface area contributed by atoms with Gasteiger partial charge in [-0.25, -0.2) is 14.5 Å². The number of aryl methyl sites for hydroxylation is 3. The van der Waals surface area contributed by atoms with Crippen molar-refractivity contribution in [2.75, 3.05) is 17.2 Å². The van der Waals surface area contributed by atoms with Crippen LogP contribution in [0.1, 0.15) is 29.5 Å². The summed E-state index contributed by atoms with van der Waals surface area (Å²) in [6.45, 7) is 4.38. The van der Waals surface area contributed by atoms with Crippen LogP contribution < -0.4 is 15.0 Å². The second kappa shape index (κ2) is 13.3. The second-order valence-corrected chi connectivity index (χ2v) is 11.1. The van der Waals surface area contributed by atoms with E-state index in [2.05, 4.69) is 25.1 Å². The Morgan fingerprint density at radius 2 is 1.80 bits per heavy atom. The molecule has 1 aromatic heterocycles. The molecule has 2 heterocycles. The summed E-state index contributed by atoms with van der Waals surface area (Å²) in [5.74, 6) is 0.315. The fourth-order valence-electron chi connectivity index (χ4n) is 4.65. The summed E-state index contributed by atoms with van der Waals surface area (Å²) < 4.78 is 42.5. The van der Waals surface area contributed by atoms with E-state index in [-0.39, 0.29) is 17.4 Å². The normalized spacial score (nSPS) is 14.3. The van der Waals surface area contributed by atoms with Gasteiger partial charge < -0.3 is 10.1 Å². The first-order valence-corrected chi connectivity index (χ1v) is 14.8. The molecule has 0 aliphatic carbocycles. The Balaban J connectivity index is 1.08. The lowest BCUT2D eigenvalue weighted by Crippen LogP contribution is -2.32. The molecule has 0 atom stereocenters. The molecule has 5 rings (SSSR count). The van der Waals surface area contributed by atoms with Gasteiger partial charge >= 0.3 is 12.4 Å². The zero-order valence-electron chi connectivity index (χ0n) is 24.0. The zero-order chi connectivity index (χ0) is 31.3. The minimum absolute atomic E-state index is 0.100. The molecular formula is C31H29F3N6O3S. The third-order valence-corrected chi connectivity index (χ3v) is 7.69. The molecule has 1 fully saturated rings. The van der Waals surface area contributed by atoms with E-state index in [1.165, 1.54) is 51.9 Å². The molecule has 9 nitrogen and oxygen atoms in total. The summed E-state index contributed by atoms with van der Waals surface area (Å²) >= 11 is 1.25. The van der Waals surface area contributed by atoms with E-state index >= 15 is 0 Å². The molecular weight excluding hydrogens is 593 g/mol. The molecule has 4 aromatic rings. The average Bonchev–Trinajstić information content (AvgIpc) is 3.60. The van der Waals surface area contributed by atoms with Gasteiger partial charge in [0.15, 0.2) is 11.0 Å². The summed E-state index contributed by atoms with van der Waals surface area (Å²) in [6.07, 6.45) is -0.846. The third-order valence-electron chi connectivity index (χ3n) is 6.76. The van der Waals surface area contributed by atoms with Gasteiger partial charge in [-0.3, -0.25) is 9.69 Å². The minimum Gasteiger partial charge on any atom is -0.406 e. The van der Waals surface area contributed by atoms with Gasteiger partial charge in [-0.2, -0.15) is 4.99 Å². The molecule has 1 saturated heterocycles. The van der Waals surface area contributed by atoms with Crippen LogP contribution in [0.15, 0.2) is 78.0 Å². The topological polar surface area (TPSA) is 102 Å². The second-order valence-electron chi connectivity index (χ2n) is 10.1. The SMILES string of the molecule is Cc1ccc(N2C(=O)CSC2=NC(=O)NCCCCc2ccc(-c3ncn(-c4ccc(OC(F)(F)F)cc4)n3)cc2)c(C)c1. The van der Waals surface area contributed by atoms with Gasteiger partial charge in [-0.05, 0) is 74.6 Å². The number of hydrogen-bond acceptors (Lipinski definition) is 6. The van der Waals surface area contributed by atoms with Crippen LogP contribution in [0.4, 0.5) is 23.7 Å². The van der Waals surface area contributed by atoms with Crippen molar-refractivity contribution < 1.29 is 27.5 Å². The van der Waals surface area contributed by atoms with Crippen molar-refractivity contribution >= 4 is 34.6 Å². The smallest absolute Gasteiger partial charge is 0.406 e. The first kappa shape index (κ1) is 30.8. The van der Waals surface area contributed by atoms with Gasteiger partial charge in [0.2, 0.25) is 5.91 Å². The number of urea groups is 1. The maximum absolute atomic E-state index is 12.5. The number of ether oxygens (including phenoxy) is 1. The van der Waals surface area contributed by atoms with Gasteiger partial charge in [0.05, 0.1) is 17.1 Å². The molecule has 0 saturated carbocycles. The molecule has 1 N–H and O–H groups in total. The van der Waals surface area contributed by atoms with Crippen LogP contribution in [0.25, 0.3) is 17.1 Å². The number of nitrogens with zero attached hydrogens (tertiary/aromatic N) is 5. The number of benzene rings is 3. The number of alkyl halides is 3. The molecule has 0 bridgehead atoms. The number of carbonyl (C=O) groups is 2. The number of amides is 3. The molecule has 0 spiro atoms. The number of aliphatic imine (C=N–C) groups is 1. The summed E-state index contributed by atoms with van der Waals surface area (Å²) in [7, 11) is 0. The number of anilines is 1. The van der Waals surface area contributed by atoms with Crippen molar-refractivity contribution in [3.05, 3.63) is 89.7 Å². The van der Waals surface area contributed by atoms with E-state index in [9.17, 15) is 22.8 Å². The van der Waals surface area contributed by atoms with E-state index in [1.54, 1.807) is 0 Å². The number of rotatable bonds is 9. The number of unbranched alkanes of at least 4 members (excludes halogenated alkanes) is 1. The number of nitrogens with one attached hydrogen (secondary N) is 1. The number of thioether (sulfide) groups is 1. The quantitative estimate of drug-likeness (QED) is 0.211. The van der Waals surface area contributed by atoms with E-state index in [0.717, 1.165) is 47.2 Å². The van der Waals surface area contributed by atoms with Crippen LogP contribution in [0, 0.1) is 13.8 Å². The number of halogens is 3. The van der Waals surface area contributed by atoms with Crippen LogP contribution >= 0.6 is 11.8 Å². The van der Waals surface area contributed by atoms with E-state index in [1.807, 2.05) is 56.3 Å². The molecule has 3 amide bonds. The lowest BCUT2D eigenvalue weighted by atomic mass is 10.1. The number of carbonyl (C=O) groups excluding carboxylic acids is 2. The van der Waals surface area contributed by atoms with Gasteiger partial charge in [0.1, 0.15) is 12.1 Å². The molecule has 228 valence electrons. The van der Waals surface area contributed by atoms with Crippen molar-refractivity contribution in [2.24, 2.45) is 4.99 Å². The van der Waals surface area contributed by atoms with E-state index in [4.69, 9.17) is 0 Å². The monoisotopic (exact) mass is 622 g/mol. The lowest BCUT2D eigenvalue weighted by molar-refractivity contribution is -0.274. The first-order valence-electron chi connectivity index (χ1n) is 13.8. The highest BCUT2D eigenvalue weighted by molar-refractivity contribution is 8.15. The number of hydrogen-bond donors (Lipinski definition) is 1. The van der Waals surface area contributed by atoms with Gasteiger partial charge in [0.25, 0.3) is 0 Å². The minimum atomic E-state index is -4.75. The summed E-state index contributed by atoms with van der Waals surface area (Å²) in [4.78, 5) is 34.9. The standard InChI is InChI=1S/C31H29F3N6O3S/c1-20-6-15-26(21(2)17-20)40-27(41)18-44-30(40)37-29(42)35-16-4-3-5-22-7-9-23(10-8-22)28-36-19-39(38-28)24-11-13-25(14-12-24)43-31(32,33)34/h6-15,17,19H,3-5,16,18H2,1-2H3,(H,35,42). The summed E-state index contributed by atoms with van der Waals surface area (Å²) in [6, 6.07) is 18.5. The van der Waals surface area contributed by atoms with Crippen LogP contribution in [-0.4, -0.2) is 50.5 Å². The third kappa shape index (κ3) is 7.84. The Bertz CT molecular complexity index is 1670. The molecule has 0 radical (unpaired) electrons. The van der Waals surface area contributed by atoms with Crippen LogP contribution in [-0.2, 0) is 11.2 Å². The predicted octanol–water partition coefficient (Wildman–Crippen LogP) is 6.62. The highest BCUT2D eigenvalue weighted by Gasteiger charge is 2.32. The van der Waals surface area contributed by atoms with E-state index in [0.29, 0.717) is 23.2 Å². The van der Waals surface area contributed by atoms with E-state index < -0.39 is 12.4 Å². The van der Waals surface area contributed by atoms with Crippen molar-refractivity contribution in [1.29, 1.82) is 0 Å². The van der Waals surface area contributed by atoms with Gasteiger partial charge in [0, 0.05) is 12.1 Å². The predicted molar refractivity (Wildman–Crippen MR) is 163 cm³/mol. The van der Waals surface area contributed by atoms with Crippen molar-refractivity contribution in [3.63, 3.8) is 0 Å². The van der Waals surface area contributed by atoms with Crippen molar-refractivity contribution in [3.8, 4) is 22.8 Å². The molecule has 1 aliphatic rings. The van der Waals surface area contributed by atoms with Gasteiger partial charge in [-0.15, -0.1) is 18.3 Å². The Hall–Kier alpha value is -4.65. The maximum atomic E-state index is 12.5. The van der Waals surface area contributed by atoms with Crippen molar-refractivity contribution in [1.82, 2.24) is 20.1 Å². The highest BCUT2D eigenvalue weighted by atomic mass is 32.2. The van der Waals surface area contributed by atoms with Crippen LogP contribution in [0.5, 0.6) is 5.75 Å². The Labute approximate surface area is 256 Å². The largest absolute Gasteiger partial charge is 0.573 e. The maximum Gasteiger partial charge on any atom is 0.573 e. The van der Waals surface area contributed by atoms with Gasteiger partial charge in [-0.1, -0.05) is 53.7 Å².